The fourth-order valence-corrected chi connectivity index (χ4v) is 4.81. The van der Waals surface area contributed by atoms with E-state index in [1.54, 1.807) is 0 Å². The number of nitrogens with one attached hydrogen (secondary N) is 1. The Morgan fingerprint density at radius 2 is 1.81 bits per heavy atom. The SMILES string of the molecule is Cc1cc([N+](=O)[O-])ccc1S(=O)(=O)NC(=O)C1(c2ccc(Br)cc2)CCC1. The molecule has 0 radical (unpaired) electrons. The second kappa shape index (κ2) is 7.05. The van der Waals surface area contributed by atoms with Crippen LogP contribution in [0.2, 0.25) is 0 Å². The number of rotatable bonds is 5. The van der Waals surface area contributed by atoms with E-state index in [9.17, 15) is 23.3 Å². The van der Waals surface area contributed by atoms with Crippen LogP contribution in [0.3, 0.4) is 0 Å². The van der Waals surface area contributed by atoms with Gasteiger partial charge >= 0.3 is 0 Å². The first kappa shape index (κ1) is 19.5. The summed E-state index contributed by atoms with van der Waals surface area (Å²) in [6.07, 6.45) is 1.96. The lowest BCUT2D eigenvalue weighted by atomic mass is 9.64. The van der Waals surface area contributed by atoms with E-state index in [1.807, 2.05) is 24.3 Å². The Morgan fingerprint density at radius 3 is 2.30 bits per heavy atom. The highest BCUT2D eigenvalue weighted by Crippen LogP contribution is 2.44. The molecule has 0 aromatic heterocycles. The molecule has 2 aromatic carbocycles. The number of sulfonamides is 1. The Bertz CT molecular complexity index is 1010. The molecule has 27 heavy (non-hydrogen) atoms. The van der Waals surface area contributed by atoms with Crippen molar-refractivity contribution in [3.8, 4) is 0 Å². The van der Waals surface area contributed by atoms with Crippen LogP contribution in [0.15, 0.2) is 51.8 Å². The third kappa shape index (κ3) is 3.61. The Hall–Kier alpha value is -2.26. The van der Waals surface area contributed by atoms with Crippen molar-refractivity contribution < 1.29 is 18.1 Å². The van der Waals surface area contributed by atoms with E-state index in [-0.39, 0.29) is 16.1 Å². The second-order valence-corrected chi connectivity index (χ2v) is 9.15. The van der Waals surface area contributed by atoms with Crippen LogP contribution >= 0.6 is 15.9 Å². The fourth-order valence-electron chi connectivity index (χ4n) is 3.27. The lowest BCUT2D eigenvalue weighted by Gasteiger charge is -2.40. The molecule has 142 valence electrons. The number of halogens is 1. The maximum absolute atomic E-state index is 12.9. The molecule has 1 N–H and O–H groups in total. The van der Waals surface area contributed by atoms with Gasteiger partial charge in [0.2, 0.25) is 5.91 Å². The van der Waals surface area contributed by atoms with Crippen LogP contribution in [0.1, 0.15) is 30.4 Å². The van der Waals surface area contributed by atoms with Gasteiger partial charge in [-0.25, -0.2) is 13.1 Å². The molecule has 0 bridgehead atoms. The first-order valence-corrected chi connectivity index (χ1v) is 10.5. The topological polar surface area (TPSA) is 106 Å². The van der Waals surface area contributed by atoms with Gasteiger partial charge in [-0.3, -0.25) is 14.9 Å². The van der Waals surface area contributed by atoms with Gasteiger partial charge in [0.25, 0.3) is 15.7 Å². The van der Waals surface area contributed by atoms with E-state index in [1.165, 1.54) is 13.0 Å². The molecule has 0 saturated heterocycles. The first-order chi connectivity index (χ1) is 12.7. The lowest BCUT2D eigenvalue weighted by molar-refractivity contribution is -0.385. The quantitative estimate of drug-likeness (QED) is 0.550. The molecule has 0 heterocycles. The monoisotopic (exact) mass is 452 g/mol. The lowest BCUT2D eigenvalue weighted by Crippen LogP contribution is -2.50. The van der Waals surface area contributed by atoms with Crippen LogP contribution in [0.5, 0.6) is 0 Å². The Morgan fingerprint density at radius 1 is 1.19 bits per heavy atom. The van der Waals surface area contributed by atoms with Gasteiger partial charge in [0.1, 0.15) is 0 Å². The number of benzene rings is 2. The number of amides is 1. The minimum Gasteiger partial charge on any atom is -0.273 e. The number of carbonyl (C=O) groups is 1. The Labute approximate surface area is 165 Å². The van der Waals surface area contributed by atoms with Crippen LogP contribution in [0.25, 0.3) is 0 Å². The highest BCUT2D eigenvalue weighted by molar-refractivity contribution is 9.10. The van der Waals surface area contributed by atoms with Crippen LogP contribution in [-0.4, -0.2) is 19.2 Å². The smallest absolute Gasteiger partial charge is 0.269 e. The molecule has 0 unspecified atom stereocenters. The number of aryl methyl sites for hydroxylation is 1. The molecule has 1 saturated carbocycles. The summed E-state index contributed by atoms with van der Waals surface area (Å²) < 4.78 is 28.5. The zero-order valence-electron chi connectivity index (χ0n) is 14.4. The summed E-state index contributed by atoms with van der Waals surface area (Å²) in [5, 5.41) is 10.8. The summed E-state index contributed by atoms with van der Waals surface area (Å²) in [6.45, 7) is 1.46. The van der Waals surface area contributed by atoms with Crippen molar-refractivity contribution in [3.05, 3.63) is 68.2 Å². The summed E-state index contributed by atoms with van der Waals surface area (Å²) >= 11 is 3.35. The van der Waals surface area contributed by atoms with E-state index in [4.69, 9.17) is 0 Å². The van der Waals surface area contributed by atoms with Gasteiger partial charge in [0, 0.05) is 16.6 Å². The molecular weight excluding hydrogens is 436 g/mol. The van der Waals surface area contributed by atoms with Crippen LogP contribution < -0.4 is 4.72 Å². The zero-order chi connectivity index (χ0) is 19.8. The molecule has 0 atom stereocenters. The van der Waals surface area contributed by atoms with Crippen molar-refractivity contribution in [1.29, 1.82) is 0 Å². The summed E-state index contributed by atoms with van der Waals surface area (Å²) in [6, 6.07) is 10.7. The number of hydrogen-bond donors (Lipinski definition) is 1. The van der Waals surface area contributed by atoms with Crippen LogP contribution in [-0.2, 0) is 20.2 Å². The van der Waals surface area contributed by atoms with Crippen molar-refractivity contribution in [2.45, 2.75) is 36.5 Å². The van der Waals surface area contributed by atoms with Gasteiger partial charge in [-0.05, 0) is 49.1 Å². The highest BCUT2D eigenvalue weighted by Gasteiger charge is 2.47. The van der Waals surface area contributed by atoms with E-state index >= 15 is 0 Å². The van der Waals surface area contributed by atoms with Crippen molar-refractivity contribution in [2.24, 2.45) is 0 Å². The molecular formula is C18H17BrN2O5S. The molecule has 1 fully saturated rings. The van der Waals surface area contributed by atoms with Crippen molar-refractivity contribution in [3.63, 3.8) is 0 Å². The number of hydrogen-bond acceptors (Lipinski definition) is 5. The Kier molecular flexibility index (Phi) is 5.09. The molecule has 2 aromatic rings. The number of nitrogens with zero attached hydrogens (tertiary/aromatic N) is 1. The normalized spacial score (nSPS) is 15.6. The van der Waals surface area contributed by atoms with Crippen molar-refractivity contribution in [1.82, 2.24) is 4.72 Å². The average Bonchev–Trinajstić information content (AvgIpc) is 2.54. The third-order valence-corrected chi connectivity index (χ3v) is 6.94. The van der Waals surface area contributed by atoms with E-state index in [2.05, 4.69) is 20.7 Å². The molecule has 0 aliphatic heterocycles. The number of non-ortho nitro benzene ring substituents is 1. The van der Waals surface area contributed by atoms with Gasteiger partial charge < -0.3 is 0 Å². The number of nitro groups is 1. The largest absolute Gasteiger partial charge is 0.273 e. The van der Waals surface area contributed by atoms with E-state index < -0.39 is 26.3 Å². The van der Waals surface area contributed by atoms with Gasteiger partial charge in [-0.2, -0.15) is 0 Å². The second-order valence-electron chi connectivity index (χ2n) is 6.58. The summed E-state index contributed by atoms with van der Waals surface area (Å²) in [5.41, 5.74) is -0.105. The average molecular weight is 453 g/mol. The molecule has 7 nitrogen and oxygen atoms in total. The fraction of sp³-hybridized carbons (Fsp3) is 0.278. The summed E-state index contributed by atoms with van der Waals surface area (Å²) in [5.74, 6) is -0.575. The third-order valence-electron chi connectivity index (χ3n) is 4.92. The summed E-state index contributed by atoms with van der Waals surface area (Å²) in [4.78, 5) is 23.0. The maximum atomic E-state index is 12.9. The highest BCUT2D eigenvalue weighted by atomic mass is 79.9. The van der Waals surface area contributed by atoms with Gasteiger partial charge in [-0.1, -0.05) is 34.5 Å². The van der Waals surface area contributed by atoms with Crippen LogP contribution in [0.4, 0.5) is 5.69 Å². The van der Waals surface area contributed by atoms with Gasteiger partial charge in [-0.15, -0.1) is 0 Å². The molecule has 1 amide bonds. The number of nitro benzene ring substituents is 1. The molecule has 0 spiro atoms. The van der Waals surface area contributed by atoms with E-state index in [0.29, 0.717) is 12.8 Å². The zero-order valence-corrected chi connectivity index (χ0v) is 16.8. The molecule has 1 aliphatic rings. The van der Waals surface area contributed by atoms with Crippen LogP contribution in [0, 0.1) is 17.0 Å². The van der Waals surface area contributed by atoms with Crippen molar-refractivity contribution >= 4 is 37.5 Å². The minimum absolute atomic E-state index is 0.147. The molecule has 9 heteroatoms. The number of carbonyl (C=O) groups excluding carboxylic acids is 1. The van der Waals surface area contributed by atoms with Gasteiger partial charge in [0.05, 0.1) is 15.2 Å². The van der Waals surface area contributed by atoms with Crippen molar-refractivity contribution in [2.75, 3.05) is 0 Å². The molecule has 3 rings (SSSR count). The predicted molar refractivity (Wildman–Crippen MR) is 103 cm³/mol. The molecule has 1 aliphatic carbocycles. The predicted octanol–water partition coefficient (Wildman–Crippen LogP) is 3.59. The Balaban J connectivity index is 1.90. The summed E-state index contributed by atoms with van der Waals surface area (Å²) in [7, 11) is -4.14. The maximum Gasteiger partial charge on any atom is 0.269 e. The first-order valence-electron chi connectivity index (χ1n) is 8.24. The van der Waals surface area contributed by atoms with Gasteiger partial charge in [0.15, 0.2) is 0 Å². The minimum atomic E-state index is -4.14. The standard InChI is InChI=1S/C18H17BrN2O5S/c1-12-11-15(21(23)24)7-8-16(12)27(25,26)20-17(22)18(9-2-10-18)13-3-5-14(19)6-4-13/h3-8,11H,2,9-10H2,1H3,(H,20,22). The van der Waals surface area contributed by atoms with E-state index in [0.717, 1.165) is 28.6 Å².